The SMILES string of the molecule is CC1(C)OB(c2cnc(C3COCOC3)s2)OC1(C)C. The number of rotatable bonds is 2. The van der Waals surface area contributed by atoms with Crippen LogP contribution in [0.5, 0.6) is 0 Å². The number of thiazole rings is 1. The highest BCUT2D eigenvalue weighted by Crippen LogP contribution is 2.37. The summed E-state index contributed by atoms with van der Waals surface area (Å²) in [7, 11) is -0.336. The quantitative estimate of drug-likeness (QED) is 0.775. The normalized spacial score (nSPS) is 26.1. The van der Waals surface area contributed by atoms with Gasteiger partial charge in [0.2, 0.25) is 0 Å². The van der Waals surface area contributed by atoms with Gasteiger partial charge >= 0.3 is 7.12 Å². The fourth-order valence-corrected chi connectivity index (χ4v) is 3.14. The molecule has 0 atom stereocenters. The van der Waals surface area contributed by atoms with Crippen molar-refractivity contribution in [3.63, 3.8) is 0 Å². The van der Waals surface area contributed by atoms with Crippen molar-refractivity contribution in [3.05, 3.63) is 11.2 Å². The maximum Gasteiger partial charge on any atom is 0.507 e. The molecule has 5 nitrogen and oxygen atoms in total. The van der Waals surface area contributed by atoms with Crippen molar-refractivity contribution in [2.75, 3.05) is 20.0 Å². The van der Waals surface area contributed by atoms with Gasteiger partial charge in [-0.05, 0) is 27.7 Å². The lowest BCUT2D eigenvalue weighted by Crippen LogP contribution is -2.41. The van der Waals surface area contributed by atoms with E-state index in [1.165, 1.54) is 0 Å². The average molecular weight is 297 g/mol. The standard InChI is InChI=1S/C13H20BNO4S/c1-12(2)13(3,4)19-14(18-12)10-5-15-11(20-10)9-6-16-8-17-7-9/h5,9H,6-8H2,1-4H3. The summed E-state index contributed by atoms with van der Waals surface area (Å²) in [5.74, 6) is 0.213. The Morgan fingerprint density at radius 2 is 1.75 bits per heavy atom. The first-order chi connectivity index (χ1) is 9.39. The molecule has 7 heteroatoms. The molecule has 3 heterocycles. The highest BCUT2D eigenvalue weighted by Gasteiger charge is 2.52. The van der Waals surface area contributed by atoms with E-state index < -0.39 is 0 Å². The second-order valence-corrected chi connectivity index (χ2v) is 7.34. The van der Waals surface area contributed by atoms with Crippen LogP contribution >= 0.6 is 11.3 Å². The summed E-state index contributed by atoms with van der Waals surface area (Å²) in [5.41, 5.74) is -0.641. The molecule has 0 unspecified atom stereocenters. The van der Waals surface area contributed by atoms with Gasteiger partial charge in [-0.1, -0.05) is 0 Å². The first-order valence-electron chi connectivity index (χ1n) is 6.86. The van der Waals surface area contributed by atoms with Crippen molar-refractivity contribution in [1.29, 1.82) is 0 Å². The van der Waals surface area contributed by atoms with Crippen molar-refractivity contribution in [3.8, 4) is 0 Å². The van der Waals surface area contributed by atoms with Gasteiger partial charge in [0.1, 0.15) is 6.79 Å². The van der Waals surface area contributed by atoms with E-state index >= 15 is 0 Å². The zero-order chi connectivity index (χ0) is 14.4. The van der Waals surface area contributed by atoms with Crippen LogP contribution in [0, 0.1) is 0 Å². The van der Waals surface area contributed by atoms with Gasteiger partial charge in [-0.2, -0.15) is 0 Å². The number of hydrogen-bond acceptors (Lipinski definition) is 6. The van der Waals surface area contributed by atoms with Crippen molar-refractivity contribution in [1.82, 2.24) is 4.98 Å². The summed E-state index contributed by atoms with van der Waals surface area (Å²) >= 11 is 1.62. The summed E-state index contributed by atoms with van der Waals surface area (Å²) in [6.45, 7) is 9.92. The van der Waals surface area contributed by atoms with E-state index in [0.717, 1.165) is 9.78 Å². The van der Waals surface area contributed by atoms with Gasteiger partial charge < -0.3 is 18.8 Å². The monoisotopic (exact) mass is 297 g/mol. The molecule has 1 aromatic rings. The minimum Gasteiger partial charge on any atom is -0.399 e. The molecule has 0 N–H and O–H groups in total. The Bertz CT molecular complexity index is 468. The van der Waals surface area contributed by atoms with E-state index in [2.05, 4.69) is 32.7 Å². The van der Waals surface area contributed by atoms with E-state index in [1.54, 1.807) is 11.3 Å². The first kappa shape index (κ1) is 14.5. The van der Waals surface area contributed by atoms with Gasteiger partial charge in [0, 0.05) is 6.20 Å². The van der Waals surface area contributed by atoms with Gasteiger partial charge in [0.05, 0.1) is 40.1 Å². The average Bonchev–Trinajstić information content (AvgIpc) is 2.94. The molecule has 0 bridgehead atoms. The van der Waals surface area contributed by atoms with Gasteiger partial charge in [0.15, 0.2) is 0 Å². The molecule has 0 aliphatic carbocycles. The highest BCUT2D eigenvalue weighted by atomic mass is 32.1. The molecular formula is C13H20BNO4S. The third-order valence-corrected chi connectivity index (χ3v) is 5.36. The summed E-state index contributed by atoms with van der Waals surface area (Å²) in [6, 6.07) is 0. The molecule has 0 amide bonds. The van der Waals surface area contributed by atoms with Crippen LogP contribution < -0.4 is 4.78 Å². The molecule has 20 heavy (non-hydrogen) atoms. The lowest BCUT2D eigenvalue weighted by Gasteiger charge is -2.32. The van der Waals surface area contributed by atoms with Crippen LogP contribution in [0.25, 0.3) is 0 Å². The second kappa shape index (κ2) is 5.07. The molecule has 2 aliphatic heterocycles. The Kier molecular flexibility index (Phi) is 3.67. The van der Waals surface area contributed by atoms with E-state index in [0.29, 0.717) is 20.0 Å². The summed E-state index contributed by atoms with van der Waals surface area (Å²) in [4.78, 5) is 4.48. The smallest absolute Gasteiger partial charge is 0.399 e. The molecule has 0 radical (unpaired) electrons. The second-order valence-electron chi connectivity index (χ2n) is 6.25. The van der Waals surface area contributed by atoms with Crippen LogP contribution in [-0.2, 0) is 18.8 Å². The van der Waals surface area contributed by atoms with Crippen molar-refractivity contribution in [2.45, 2.75) is 44.8 Å². The number of aromatic nitrogens is 1. The fourth-order valence-electron chi connectivity index (χ4n) is 2.19. The summed E-state index contributed by atoms with van der Waals surface area (Å²) in [6.07, 6.45) is 1.84. The van der Waals surface area contributed by atoms with Crippen LogP contribution in [0.4, 0.5) is 0 Å². The van der Waals surface area contributed by atoms with E-state index in [4.69, 9.17) is 18.8 Å². The molecule has 0 spiro atoms. The predicted molar refractivity (Wildman–Crippen MR) is 77.3 cm³/mol. The number of nitrogens with zero attached hydrogens (tertiary/aromatic N) is 1. The van der Waals surface area contributed by atoms with E-state index in [-0.39, 0.29) is 24.2 Å². The number of hydrogen-bond donors (Lipinski definition) is 0. The molecule has 0 saturated carbocycles. The molecule has 2 fully saturated rings. The fraction of sp³-hybridized carbons (Fsp3) is 0.769. The van der Waals surface area contributed by atoms with Gasteiger partial charge in [0.25, 0.3) is 0 Å². The molecular weight excluding hydrogens is 277 g/mol. The molecule has 110 valence electrons. The minimum absolute atomic E-state index is 0.213. The van der Waals surface area contributed by atoms with Crippen molar-refractivity contribution in [2.24, 2.45) is 0 Å². The third kappa shape index (κ3) is 2.53. The zero-order valence-corrected chi connectivity index (χ0v) is 13.2. The summed E-state index contributed by atoms with van der Waals surface area (Å²) < 4.78 is 23.7. The van der Waals surface area contributed by atoms with E-state index in [9.17, 15) is 0 Å². The van der Waals surface area contributed by atoms with Crippen LogP contribution in [0.15, 0.2) is 6.20 Å². The van der Waals surface area contributed by atoms with Gasteiger partial charge in [-0.25, -0.2) is 4.98 Å². The zero-order valence-electron chi connectivity index (χ0n) is 12.3. The Labute approximate surface area is 123 Å². The van der Waals surface area contributed by atoms with Crippen LogP contribution in [-0.4, -0.2) is 43.3 Å². The summed E-state index contributed by atoms with van der Waals surface area (Å²) in [5, 5.41) is 1.02. The van der Waals surface area contributed by atoms with Crippen molar-refractivity contribution >= 4 is 23.2 Å². The minimum atomic E-state index is -0.336. The molecule has 3 rings (SSSR count). The van der Waals surface area contributed by atoms with Crippen LogP contribution in [0.1, 0.15) is 38.6 Å². The van der Waals surface area contributed by atoms with Gasteiger partial charge in [-0.15, -0.1) is 11.3 Å². The lowest BCUT2D eigenvalue weighted by molar-refractivity contribution is -0.108. The van der Waals surface area contributed by atoms with Crippen LogP contribution in [0.2, 0.25) is 0 Å². The lowest BCUT2D eigenvalue weighted by atomic mass is 9.89. The third-order valence-electron chi connectivity index (χ3n) is 4.18. The van der Waals surface area contributed by atoms with Gasteiger partial charge in [-0.3, -0.25) is 0 Å². The molecule has 2 aliphatic rings. The Hall–Kier alpha value is -0.465. The first-order valence-corrected chi connectivity index (χ1v) is 7.67. The molecule has 0 aromatic carbocycles. The highest BCUT2D eigenvalue weighted by molar-refractivity contribution is 7.22. The maximum absolute atomic E-state index is 6.04. The molecule has 1 aromatic heterocycles. The van der Waals surface area contributed by atoms with E-state index in [1.807, 2.05) is 6.20 Å². The maximum atomic E-state index is 6.04. The predicted octanol–water partition coefficient (Wildman–Crippen LogP) is 1.53. The molecule has 2 saturated heterocycles. The number of ether oxygens (including phenoxy) is 2. The Morgan fingerprint density at radius 3 is 2.35 bits per heavy atom. The topological polar surface area (TPSA) is 49.8 Å². The van der Waals surface area contributed by atoms with Crippen LogP contribution in [0.3, 0.4) is 0 Å². The van der Waals surface area contributed by atoms with Crippen molar-refractivity contribution < 1.29 is 18.8 Å². The Balaban J connectivity index is 1.74. The Morgan fingerprint density at radius 1 is 1.15 bits per heavy atom. The largest absolute Gasteiger partial charge is 0.507 e.